The van der Waals surface area contributed by atoms with Crippen LogP contribution in [0.15, 0.2) is 78.9 Å². The quantitative estimate of drug-likeness (QED) is 0.396. The Morgan fingerprint density at radius 2 is 1.69 bits per heavy atom. The highest BCUT2D eigenvalue weighted by molar-refractivity contribution is 5.91. The zero-order chi connectivity index (χ0) is 22.9. The molecule has 0 radical (unpaired) electrons. The second kappa shape index (κ2) is 11.0. The molecule has 0 aromatic heterocycles. The molecule has 0 spiro atoms. The molecule has 0 saturated heterocycles. The Morgan fingerprint density at radius 3 is 2.38 bits per heavy atom. The molecule has 3 aromatic carbocycles. The Labute approximate surface area is 185 Å². The van der Waals surface area contributed by atoms with E-state index >= 15 is 0 Å². The summed E-state index contributed by atoms with van der Waals surface area (Å²) >= 11 is 0. The number of aromatic hydroxyl groups is 1. The molecular weight excluding hydrogens is 410 g/mol. The van der Waals surface area contributed by atoms with Crippen LogP contribution >= 0.6 is 0 Å². The number of carboxylic acid groups (broad SMARTS) is 1. The second-order valence-corrected chi connectivity index (χ2v) is 7.13. The van der Waals surface area contributed by atoms with E-state index in [1.54, 1.807) is 42.5 Å². The number of phenolic OH excluding ortho intramolecular Hbond substituents is 1. The second-order valence-electron chi connectivity index (χ2n) is 7.13. The summed E-state index contributed by atoms with van der Waals surface area (Å²) in [6, 6.07) is 19.5. The van der Waals surface area contributed by atoms with Crippen molar-refractivity contribution in [3.05, 3.63) is 84.4 Å². The fourth-order valence-electron chi connectivity index (χ4n) is 3.52. The maximum Gasteiger partial charge on any atom is 0.412 e. The van der Waals surface area contributed by atoms with E-state index in [1.165, 1.54) is 13.2 Å². The molecule has 0 heterocycles. The number of anilines is 1. The zero-order valence-electron chi connectivity index (χ0n) is 17.6. The lowest BCUT2D eigenvalue weighted by atomic mass is 9.94. The smallest absolute Gasteiger partial charge is 0.412 e. The van der Waals surface area contributed by atoms with E-state index in [2.05, 4.69) is 5.32 Å². The first-order chi connectivity index (χ1) is 15.5. The summed E-state index contributed by atoms with van der Waals surface area (Å²) in [6.07, 6.45) is 1.43. The summed E-state index contributed by atoms with van der Waals surface area (Å²) in [5, 5.41) is 23.1. The molecule has 0 fully saturated rings. The number of allylic oxidation sites excluding steroid dienone is 1. The molecule has 7 heteroatoms. The van der Waals surface area contributed by atoms with Crippen molar-refractivity contribution < 1.29 is 29.3 Å². The highest BCUT2D eigenvalue weighted by Crippen LogP contribution is 2.36. The van der Waals surface area contributed by atoms with Gasteiger partial charge in [-0.1, -0.05) is 54.6 Å². The van der Waals surface area contributed by atoms with Gasteiger partial charge in [0.25, 0.3) is 0 Å². The largest absolute Gasteiger partial charge is 0.507 e. The number of hydrogen-bond donors (Lipinski definition) is 3. The van der Waals surface area contributed by atoms with Crippen molar-refractivity contribution in [1.82, 2.24) is 0 Å². The van der Waals surface area contributed by atoms with Gasteiger partial charge in [0.1, 0.15) is 5.75 Å². The Hall–Kier alpha value is -3.84. The minimum Gasteiger partial charge on any atom is -0.507 e. The Balaban J connectivity index is 1.92. The van der Waals surface area contributed by atoms with Crippen molar-refractivity contribution in [2.45, 2.75) is 25.0 Å². The summed E-state index contributed by atoms with van der Waals surface area (Å²) in [4.78, 5) is 23.5. The van der Waals surface area contributed by atoms with Gasteiger partial charge in [-0.3, -0.25) is 5.32 Å². The molecule has 0 unspecified atom stereocenters. The standard InChI is InChI=1S/C25H25NO6/c1-31-22(13-7-8-14-23(28)29)24(32-25(30)26-17-9-3-2-4-10-17)20-15-16-21(27)19-12-6-5-11-18(19)20/h2-6,8-12,14-16,22,24,27H,7,13H2,1H3,(H,26,30)(H,28,29)/b14-8+/t22-,24-/m0/s1. The fourth-order valence-corrected chi connectivity index (χ4v) is 3.52. The maximum atomic E-state index is 12.7. The molecule has 0 aliphatic carbocycles. The van der Waals surface area contributed by atoms with Crippen LogP contribution < -0.4 is 5.32 Å². The van der Waals surface area contributed by atoms with Crippen molar-refractivity contribution in [1.29, 1.82) is 0 Å². The van der Waals surface area contributed by atoms with Gasteiger partial charge in [-0.2, -0.15) is 0 Å². The number of hydrogen-bond acceptors (Lipinski definition) is 5. The molecular formula is C25H25NO6. The number of benzene rings is 3. The molecule has 7 nitrogen and oxygen atoms in total. The van der Waals surface area contributed by atoms with Gasteiger partial charge in [0.2, 0.25) is 0 Å². The number of aliphatic carboxylic acids is 1. The summed E-state index contributed by atoms with van der Waals surface area (Å²) in [5.41, 5.74) is 1.26. The molecule has 0 aliphatic rings. The van der Waals surface area contributed by atoms with Crippen LogP contribution in [0.5, 0.6) is 5.75 Å². The highest BCUT2D eigenvalue weighted by Gasteiger charge is 2.29. The van der Waals surface area contributed by atoms with Crippen molar-refractivity contribution in [3.63, 3.8) is 0 Å². The number of carbonyl (C=O) groups is 2. The van der Waals surface area contributed by atoms with Crippen LogP contribution in [0.1, 0.15) is 24.5 Å². The number of phenols is 1. The summed E-state index contributed by atoms with van der Waals surface area (Å²) < 4.78 is 11.5. The Kier molecular flexibility index (Phi) is 7.83. The zero-order valence-corrected chi connectivity index (χ0v) is 17.6. The predicted octanol–water partition coefficient (Wildman–Crippen LogP) is 5.27. The van der Waals surface area contributed by atoms with Crippen LogP contribution in [0.4, 0.5) is 10.5 Å². The van der Waals surface area contributed by atoms with E-state index in [-0.39, 0.29) is 5.75 Å². The number of ether oxygens (including phenoxy) is 2. The van der Waals surface area contributed by atoms with Crippen LogP contribution in [0, 0.1) is 0 Å². The topological polar surface area (TPSA) is 105 Å². The van der Waals surface area contributed by atoms with E-state index in [0.717, 1.165) is 11.5 Å². The van der Waals surface area contributed by atoms with Gasteiger partial charge < -0.3 is 19.7 Å². The molecule has 3 N–H and O–H groups in total. The van der Waals surface area contributed by atoms with Crippen molar-refractivity contribution in [2.75, 3.05) is 12.4 Å². The van der Waals surface area contributed by atoms with Gasteiger partial charge in [-0.25, -0.2) is 9.59 Å². The minimum absolute atomic E-state index is 0.121. The van der Waals surface area contributed by atoms with Crippen LogP contribution in [0.25, 0.3) is 10.8 Å². The van der Waals surface area contributed by atoms with E-state index in [9.17, 15) is 14.7 Å². The lowest BCUT2D eigenvalue weighted by Gasteiger charge is -2.27. The van der Waals surface area contributed by atoms with Crippen LogP contribution in [-0.2, 0) is 14.3 Å². The monoisotopic (exact) mass is 435 g/mol. The number of nitrogens with one attached hydrogen (secondary N) is 1. The Bertz CT molecular complexity index is 1100. The van der Waals surface area contributed by atoms with Gasteiger partial charge >= 0.3 is 12.1 Å². The van der Waals surface area contributed by atoms with Crippen molar-refractivity contribution in [3.8, 4) is 5.75 Å². The van der Waals surface area contributed by atoms with Gasteiger partial charge in [-0.05, 0) is 36.4 Å². The van der Waals surface area contributed by atoms with Crippen molar-refractivity contribution in [2.24, 2.45) is 0 Å². The number of rotatable bonds is 9. The third-order valence-corrected chi connectivity index (χ3v) is 5.01. The number of carbonyl (C=O) groups excluding carboxylic acids is 1. The Morgan fingerprint density at radius 1 is 1.00 bits per heavy atom. The van der Waals surface area contributed by atoms with Crippen LogP contribution in [0.2, 0.25) is 0 Å². The molecule has 1 amide bonds. The van der Waals surface area contributed by atoms with Gasteiger partial charge in [0.05, 0.1) is 6.10 Å². The summed E-state index contributed by atoms with van der Waals surface area (Å²) in [5.74, 6) is -0.909. The van der Waals surface area contributed by atoms with Gasteiger partial charge in [-0.15, -0.1) is 0 Å². The first-order valence-electron chi connectivity index (χ1n) is 10.1. The molecule has 3 aromatic rings. The normalized spacial score (nSPS) is 13.0. The van der Waals surface area contributed by atoms with Crippen LogP contribution in [0.3, 0.4) is 0 Å². The molecule has 2 atom stereocenters. The highest BCUT2D eigenvalue weighted by atomic mass is 16.6. The number of fused-ring (bicyclic) bond motifs is 1. The van der Waals surface area contributed by atoms with E-state index in [1.807, 2.05) is 24.3 Å². The number of carboxylic acids is 1. The lowest BCUT2D eigenvalue weighted by Crippen LogP contribution is -2.28. The number of amides is 1. The first kappa shape index (κ1) is 22.8. The first-order valence-corrected chi connectivity index (χ1v) is 10.1. The third kappa shape index (κ3) is 5.86. The fraction of sp³-hybridized carbons (Fsp3) is 0.200. The molecule has 3 rings (SSSR count). The van der Waals surface area contributed by atoms with E-state index in [0.29, 0.717) is 29.5 Å². The number of methoxy groups -OCH3 is 1. The minimum atomic E-state index is -1.03. The summed E-state index contributed by atoms with van der Waals surface area (Å²) in [7, 11) is 1.51. The average Bonchev–Trinajstić information content (AvgIpc) is 2.79. The predicted molar refractivity (Wildman–Crippen MR) is 122 cm³/mol. The number of para-hydroxylation sites is 1. The lowest BCUT2D eigenvalue weighted by molar-refractivity contribution is -0.131. The molecule has 0 saturated carbocycles. The summed E-state index contributed by atoms with van der Waals surface area (Å²) in [6.45, 7) is 0. The SMILES string of the molecule is CO[C@@H](CC/C=C/C(=O)O)[C@@H](OC(=O)Nc1ccccc1)c1ccc(O)c2ccccc12. The van der Waals surface area contributed by atoms with Gasteiger partial charge in [0, 0.05) is 29.8 Å². The molecule has 0 aliphatic heterocycles. The third-order valence-electron chi connectivity index (χ3n) is 5.01. The molecule has 166 valence electrons. The van der Waals surface area contributed by atoms with E-state index < -0.39 is 24.3 Å². The maximum absolute atomic E-state index is 12.7. The van der Waals surface area contributed by atoms with E-state index in [4.69, 9.17) is 14.6 Å². The van der Waals surface area contributed by atoms with Gasteiger partial charge in [0.15, 0.2) is 6.10 Å². The van der Waals surface area contributed by atoms with Crippen molar-refractivity contribution >= 4 is 28.5 Å². The molecule has 0 bridgehead atoms. The molecule has 32 heavy (non-hydrogen) atoms. The average molecular weight is 435 g/mol. The van der Waals surface area contributed by atoms with Crippen LogP contribution in [-0.4, -0.2) is 35.5 Å².